The smallest absolute Gasteiger partial charge is 0.298 e. The van der Waals surface area contributed by atoms with Crippen LogP contribution in [-0.2, 0) is 9.59 Å². The van der Waals surface area contributed by atoms with Crippen LogP contribution in [0.15, 0.2) is 52.2 Å². The molecule has 29 heavy (non-hydrogen) atoms. The topological polar surface area (TPSA) is 93.3 Å². The van der Waals surface area contributed by atoms with Crippen LogP contribution >= 0.6 is 0 Å². The van der Waals surface area contributed by atoms with Gasteiger partial charge < -0.3 is 15.1 Å². The zero-order valence-electron chi connectivity index (χ0n) is 16.6. The molecule has 152 valence electrons. The quantitative estimate of drug-likeness (QED) is 0.792. The van der Waals surface area contributed by atoms with Gasteiger partial charge in [-0.25, -0.2) is 5.01 Å². The van der Waals surface area contributed by atoms with E-state index in [1.54, 1.807) is 11.3 Å². The molecule has 2 aromatic rings. The number of carbonyl (C=O) groups is 2. The van der Waals surface area contributed by atoms with Crippen LogP contribution in [0.1, 0.15) is 42.2 Å². The number of amides is 2. The first kappa shape index (κ1) is 19.4. The summed E-state index contributed by atoms with van der Waals surface area (Å²) in [6, 6.07) is 11.7. The number of likely N-dealkylation sites (tertiary alicyclic amines) is 1. The largest absolute Gasteiger partial charge is 0.467 e. The molecule has 0 saturated carbocycles. The van der Waals surface area contributed by atoms with Crippen LogP contribution in [0.4, 0.5) is 0 Å². The normalized spacial score (nSPS) is 24.4. The molecule has 0 spiro atoms. The number of furan rings is 1. The van der Waals surface area contributed by atoms with E-state index in [9.17, 15) is 9.59 Å². The summed E-state index contributed by atoms with van der Waals surface area (Å²) in [5, 5.41) is 6.27. The van der Waals surface area contributed by atoms with Crippen LogP contribution in [0, 0.1) is 12.8 Å². The van der Waals surface area contributed by atoms with Gasteiger partial charge in [0.2, 0.25) is 5.91 Å². The molecule has 1 saturated heterocycles. The summed E-state index contributed by atoms with van der Waals surface area (Å²) in [6.07, 6.45) is 3.72. The molecule has 7 nitrogen and oxygen atoms in total. The minimum Gasteiger partial charge on any atom is -0.467 e. The van der Waals surface area contributed by atoms with Gasteiger partial charge in [0, 0.05) is 25.2 Å². The maximum absolute atomic E-state index is 13.1. The van der Waals surface area contributed by atoms with Gasteiger partial charge in [-0.15, -0.1) is 0 Å². The summed E-state index contributed by atoms with van der Waals surface area (Å²) in [5.41, 5.74) is 8.52. The Morgan fingerprint density at radius 2 is 1.93 bits per heavy atom. The molecule has 0 radical (unpaired) electrons. The van der Waals surface area contributed by atoms with Gasteiger partial charge in [0.05, 0.1) is 25.1 Å². The lowest BCUT2D eigenvalue weighted by Crippen LogP contribution is -3.14. The number of nitrogens with zero attached hydrogens (tertiary/aromatic N) is 2. The zero-order chi connectivity index (χ0) is 20.4. The van der Waals surface area contributed by atoms with Gasteiger partial charge >= 0.3 is 0 Å². The number of carbonyl (C=O) groups excluding carboxylic acids is 2. The standard InChI is InChI=1S/C22H26N4O3/c1-15-4-6-16(7-5-15)18-13-19(20-3-2-12-29-20)26(24-18)21(27)14-25-10-8-17(9-11-25)22(23)28/h2-7,12,17,19H,8-11,13-14H2,1H3,(H2,23,28)/p+1/t19-/m0/s1. The SMILES string of the molecule is Cc1ccc(C2=NN(C(=O)C[NH+]3CCC(C(N)=O)CC3)[C@H](c3ccco3)C2)cc1. The van der Waals surface area contributed by atoms with Crippen LogP contribution < -0.4 is 10.6 Å². The van der Waals surface area contributed by atoms with E-state index < -0.39 is 0 Å². The molecule has 2 amide bonds. The fraction of sp³-hybridized carbons (Fsp3) is 0.409. The summed E-state index contributed by atoms with van der Waals surface area (Å²) >= 11 is 0. The van der Waals surface area contributed by atoms with Crippen LogP contribution in [0.25, 0.3) is 0 Å². The number of hydrogen-bond donors (Lipinski definition) is 2. The monoisotopic (exact) mass is 395 g/mol. The number of hydrazone groups is 1. The lowest BCUT2D eigenvalue weighted by atomic mass is 9.96. The molecule has 7 heteroatoms. The van der Waals surface area contributed by atoms with E-state index in [0.29, 0.717) is 13.0 Å². The highest BCUT2D eigenvalue weighted by Gasteiger charge is 2.37. The summed E-state index contributed by atoms with van der Waals surface area (Å²) < 4.78 is 5.61. The minimum atomic E-state index is -0.236. The Labute approximate surface area is 170 Å². The highest BCUT2D eigenvalue weighted by molar-refractivity contribution is 6.03. The Morgan fingerprint density at radius 3 is 2.55 bits per heavy atom. The number of benzene rings is 1. The molecule has 1 atom stereocenters. The van der Waals surface area contributed by atoms with E-state index in [0.717, 1.165) is 43.0 Å². The van der Waals surface area contributed by atoms with Gasteiger partial charge in [-0.2, -0.15) is 5.10 Å². The maximum atomic E-state index is 13.1. The van der Waals surface area contributed by atoms with Crippen LogP contribution in [0.2, 0.25) is 0 Å². The number of primary amides is 1. The molecule has 4 rings (SSSR count). The van der Waals surface area contributed by atoms with Gasteiger partial charge in [-0.05, 0) is 24.6 Å². The molecule has 0 bridgehead atoms. The number of aryl methyl sites for hydroxylation is 1. The summed E-state index contributed by atoms with van der Waals surface area (Å²) in [4.78, 5) is 25.7. The van der Waals surface area contributed by atoms with Crippen molar-refractivity contribution in [1.82, 2.24) is 5.01 Å². The molecule has 1 fully saturated rings. The first-order chi connectivity index (χ1) is 14.0. The van der Waals surface area contributed by atoms with Crippen molar-refractivity contribution >= 4 is 17.5 Å². The summed E-state index contributed by atoms with van der Waals surface area (Å²) in [6.45, 7) is 3.94. The average Bonchev–Trinajstić information content (AvgIpc) is 3.39. The molecular formula is C22H27N4O3+. The molecule has 2 aliphatic heterocycles. The fourth-order valence-electron chi connectivity index (χ4n) is 4.15. The molecule has 3 N–H and O–H groups in total. The minimum absolute atomic E-state index is 0.0268. The number of quaternary nitrogens is 1. The van der Waals surface area contributed by atoms with Crippen LogP contribution in [0.3, 0.4) is 0 Å². The van der Waals surface area contributed by atoms with Gasteiger partial charge in [0.25, 0.3) is 5.91 Å². The van der Waals surface area contributed by atoms with Gasteiger partial charge in [0.1, 0.15) is 11.8 Å². The third kappa shape index (κ3) is 4.24. The third-order valence-corrected chi connectivity index (χ3v) is 5.92. The predicted octanol–water partition coefficient (Wildman–Crippen LogP) is 1.05. The predicted molar refractivity (Wildman–Crippen MR) is 108 cm³/mol. The highest BCUT2D eigenvalue weighted by atomic mass is 16.3. The second-order valence-corrected chi connectivity index (χ2v) is 7.99. The molecule has 1 aromatic carbocycles. The Balaban J connectivity index is 1.49. The second kappa shape index (κ2) is 8.21. The van der Waals surface area contributed by atoms with Crippen molar-refractivity contribution in [3.8, 4) is 0 Å². The molecule has 0 aliphatic carbocycles. The molecular weight excluding hydrogens is 368 g/mol. The van der Waals surface area contributed by atoms with Crippen molar-refractivity contribution in [3.05, 3.63) is 59.5 Å². The fourth-order valence-corrected chi connectivity index (χ4v) is 4.15. The van der Waals surface area contributed by atoms with E-state index in [4.69, 9.17) is 10.2 Å². The number of nitrogens with two attached hydrogens (primary N) is 1. The van der Waals surface area contributed by atoms with E-state index in [-0.39, 0.29) is 23.8 Å². The summed E-state index contributed by atoms with van der Waals surface area (Å²) in [7, 11) is 0. The molecule has 3 heterocycles. The number of hydrogen-bond acceptors (Lipinski definition) is 4. The van der Waals surface area contributed by atoms with E-state index in [1.165, 1.54) is 10.5 Å². The first-order valence-corrected chi connectivity index (χ1v) is 10.1. The van der Waals surface area contributed by atoms with Crippen molar-refractivity contribution in [3.63, 3.8) is 0 Å². The van der Waals surface area contributed by atoms with Crippen molar-refractivity contribution in [2.75, 3.05) is 19.6 Å². The van der Waals surface area contributed by atoms with Crippen LogP contribution in [0.5, 0.6) is 0 Å². The van der Waals surface area contributed by atoms with Crippen molar-refractivity contribution < 1.29 is 18.9 Å². The number of rotatable bonds is 5. The average molecular weight is 395 g/mol. The van der Waals surface area contributed by atoms with Crippen molar-refractivity contribution in [2.45, 2.75) is 32.2 Å². The molecule has 0 unspecified atom stereocenters. The maximum Gasteiger partial charge on any atom is 0.298 e. The van der Waals surface area contributed by atoms with E-state index in [1.807, 2.05) is 31.2 Å². The van der Waals surface area contributed by atoms with Crippen molar-refractivity contribution in [1.29, 1.82) is 0 Å². The van der Waals surface area contributed by atoms with Gasteiger partial charge in [-0.1, -0.05) is 29.8 Å². The molecule has 2 aliphatic rings. The Hall–Kier alpha value is -2.93. The second-order valence-electron chi connectivity index (χ2n) is 7.99. The van der Waals surface area contributed by atoms with Crippen molar-refractivity contribution in [2.24, 2.45) is 16.8 Å². The number of nitrogens with one attached hydrogen (secondary N) is 1. The van der Waals surface area contributed by atoms with Gasteiger partial charge in [0.15, 0.2) is 6.54 Å². The van der Waals surface area contributed by atoms with Gasteiger partial charge in [-0.3, -0.25) is 9.59 Å². The van der Waals surface area contributed by atoms with E-state index >= 15 is 0 Å². The van der Waals surface area contributed by atoms with Crippen LogP contribution in [-0.4, -0.2) is 42.2 Å². The molecule has 1 aromatic heterocycles. The number of piperidine rings is 1. The lowest BCUT2D eigenvalue weighted by Gasteiger charge is -2.28. The highest BCUT2D eigenvalue weighted by Crippen LogP contribution is 2.32. The Bertz CT molecular complexity index is 897. The van der Waals surface area contributed by atoms with E-state index in [2.05, 4.69) is 17.2 Å². The summed E-state index contributed by atoms with van der Waals surface area (Å²) in [5.74, 6) is 0.412. The lowest BCUT2D eigenvalue weighted by molar-refractivity contribution is -0.898. The first-order valence-electron chi connectivity index (χ1n) is 10.1. The Morgan fingerprint density at radius 1 is 1.21 bits per heavy atom. The third-order valence-electron chi connectivity index (χ3n) is 5.92. The zero-order valence-corrected chi connectivity index (χ0v) is 16.6. The Kier molecular flexibility index (Phi) is 5.49.